The lowest BCUT2D eigenvalue weighted by atomic mass is 9.96. The Morgan fingerprint density at radius 2 is 1.75 bits per heavy atom. The van der Waals surface area contributed by atoms with E-state index in [1.54, 1.807) is 19.5 Å². The summed E-state index contributed by atoms with van der Waals surface area (Å²) < 4.78 is 6.40. The molecule has 2 aromatic heterocycles. The molecule has 0 saturated carbocycles. The van der Waals surface area contributed by atoms with E-state index in [0.29, 0.717) is 17.2 Å². The van der Waals surface area contributed by atoms with E-state index in [-0.39, 0.29) is 5.41 Å². The molecule has 5 nitrogen and oxygen atoms in total. The maximum absolute atomic E-state index is 10.8. The van der Waals surface area contributed by atoms with Crippen LogP contribution >= 0.6 is 0 Å². The first-order valence-electron chi connectivity index (χ1n) is 7.79. The third-order valence-corrected chi connectivity index (χ3v) is 3.82. The minimum atomic E-state index is -0.295. The highest BCUT2D eigenvalue weighted by Crippen LogP contribution is 2.35. The fourth-order valence-corrected chi connectivity index (χ4v) is 2.61. The zero-order valence-electron chi connectivity index (χ0n) is 14.3. The van der Waals surface area contributed by atoms with Gasteiger partial charge in [-0.15, -0.1) is 0 Å². The fourth-order valence-electron chi connectivity index (χ4n) is 2.61. The number of ether oxygens (including phenoxy) is 1. The van der Waals surface area contributed by atoms with Crippen LogP contribution in [0, 0.1) is 0 Å². The van der Waals surface area contributed by atoms with Gasteiger partial charge in [-0.3, -0.25) is 4.98 Å². The van der Waals surface area contributed by atoms with Crippen molar-refractivity contribution in [2.24, 2.45) is 0 Å². The van der Waals surface area contributed by atoms with E-state index >= 15 is 0 Å². The molecule has 5 heteroatoms. The van der Waals surface area contributed by atoms with Crippen molar-refractivity contribution < 1.29 is 9.94 Å². The van der Waals surface area contributed by atoms with Gasteiger partial charge in [0.1, 0.15) is 17.1 Å². The number of nitrogens with zero attached hydrogens (tertiary/aromatic N) is 3. The van der Waals surface area contributed by atoms with Crippen LogP contribution in [-0.4, -0.2) is 27.0 Å². The number of imidazole rings is 1. The van der Waals surface area contributed by atoms with Crippen molar-refractivity contribution in [1.29, 1.82) is 0 Å². The van der Waals surface area contributed by atoms with Crippen molar-refractivity contribution >= 4 is 0 Å². The quantitative estimate of drug-likeness (QED) is 0.735. The Labute approximate surface area is 141 Å². The van der Waals surface area contributed by atoms with Crippen LogP contribution in [0.4, 0.5) is 0 Å². The van der Waals surface area contributed by atoms with E-state index < -0.39 is 0 Å². The normalized spacial score (nSPS) is 11.5. The highest BCUT2D eigenvalue weighted by atomic mass is 16.5. The maximum Gasteiger partial charge on any atom is 0.151 e. The Bertz CT molecular complexity index is 832. The molecule has 0 aliphatic heterocycles. The maximum atomic E-state index is 10.8. The van der Waals surface area contributed by atoms with Gasteiger partial charge in [-0.05, 0) is 36.4 Å². The number of hydrogen-bond donors (Lipinski definition) is 1. The second kappa shape index (κ2) is 6.00. The molecule has 3 rings (SSSR count). The van der Waals surface area contributed by atoms with Crippen molar-refractivity contribution in [3.8, 4) is 28.3 Å². The van der Waals surface area contributed by atoms with E-state index in [4.69, 9.17) is 9.72 Å². The van der Waals surface area contributed by atoms with Crippen molar-refractivity contribution in [3.63, 3.8) is 0 Å². The van der Waals surface area contributed by atoms with E-state index in [2.05, 4.69) is 4.98 Å². The lowest BCUT2D eigenvalue weighted by Crippen LogP contribution is -2.18. The summed E-state index contributed by atoms with van der Waals surface area (Å²) in [5, 5.41) is 10.8. The van der Waals surface area contributed by atoms with Crippen LogP contribution in [0.1, 0.15) is 26.6 Å². The minimum Gasteiger partial charge on any atom is -0.497 e. The molecule has 0 spiro atoms. The van der Waals surface area contributed by atoms with Crippen molar-refractivity contribution in [2.45, 2.75) is 26.2 Å². The van der Waals surface area contributed by atoms with Gasteiger partial charge < -0.3 is 9.94 Å². The molecule has 3 aromatic rings. The summed E-state index contributed by atoms with van der Waals surface area (Å²) in [6.07, 6.45) is 3.47. The Morgan fingerprint density at radius 3 is 2.29 bits per heavy atom. The molecule has 0 fully saturated rings. The van der Waals surface area contributed by atoms with Crippen LogP contribution in [-0.2, 0) is 5.41 Å². The highest BCUT2D eigenvalue weighted by molar-refractivity contribution is 5.78. The molecule has 24 heavy (non-hydrogen) atoms. The van der Waals surface area contributed by atoms with E-state index in [1.165, 1.54) is 4.73 Å². The van der Waals surface area contributed by atoms with Gasteiger partial charge in [0.15, 0.2) is 5.82 Å². The lowest BCUT2D eigenvalue weighted by molar-refractivity contribution is 0.168. The van der Waals surface area contributed by atoms with Gasteiger partial charge in [0.05, 0.1) is 7.11 Å². The van der Waals surface area contributed by atoms with Gasteiger partial charge in [-0.25, -0.2) is 4.98 Å². The largest absolute Gasteiger partial charge is 0.497 e. The predicted octanol–water partition coefficient (Wildman–Crippen LogP) is 4.16. The number of pyridine rings is 1. The van der Waals surface area contributed by atoms with Crippen LogP contribution < -0.4 is 4.74 Å². The highest BCUT2D eigenvalue weighted by Gasteiger charge is 2.27. The molecular weight excluding hydrogens is 302 g/mol. The smallest absolute Gasteiger partial charge is 0.151 e. The summed E-state index contributed by atoms with van der Waals surface area (Å²) in [5.74, 6) is 1.37. The standard InChI is InChI=1S/C19H21N3O2/c1-19(2,3)18-21-16(14-6-5-11-20-12-14)17(22(18)23)13-7-9-15(24-4)10-8-13/h5-12,23H,1-4H3. The second-order valence-corrected chi connectivity index (χ2v) is 6.66. The average Bonchev–Trinajstić information content (AvgIpc) is 2.93. The molecule has 124 valence electrons. The lowest BCUT2D eigenvalue weighted by Gasteiger charge is -2.17. The van der Waals surface area contributed by atoms with Crippen molar-refractivity contribution in [1.82, 2.24) is 14.7 Å². The van der Waals surface area contributed by atoms with E-state index in [1.807, 2.05) is 57.2 Å². The Kier molecular flexibility index (Phi) is 4.01. The van der Waals surface area contributed by atoms with E-state index in [0.717, 1.165) is 16.9 Å². The summed E-state index contributed by atoms with van der Waals surface area (Å²) in [6, 6.07) is 11.4. The fraction of sp³-hybridized carbons (Fsp3) is 0.263. The molecular formula is C19H21N3O2. The summed E-state index contributed by atoms with van der Waals surface area (Å²) in [7, 11) is 1.63. The zero-order chi connectivity index (χ0) is 17.3. The molecule has 1 N–H and O–H groups in total. The number of aromatic nitrogens is 3. The third kappa shape index (κ3) is 2.85. The SMILES string of the molecule is COc1ccc(-c2c(-c3cccnc3)nc(C(C)(C)C)n2O)cc1. The zero-order valence-corrected chi connectivity index (χ0v) is 14.3. The molecule has 0 saturated heterocycles. The van der Waals surface area contributed by atoms with Crippen molar-refractivity contribution in [2.75, 3.05) is 7.11 Å². The summed E-state index contributed by atoms with van der Waals surface area (Å²) in [4.78, 5) is 8.89. The van der Waals surface area contributed by atoms with Gasteiger partial charge in [0, 0.05) is 28.9 Å². The van der Waals surface area contributed by atoms with Crippen LogP contribution in [0.2, 0.25) is 0 Å². The Morgan fingerprint density at radius 1 is 1.04 bits per heavy atom. The van der Waals surface area contributed by atoms with Gasteiger partial charge >= 0.3 is 0 Å². The Hall–Kier alpha value is -2.82. The van der Waals surface area contributed by atoms with Gasteiger partial charge in [-0.1, -0.05) is 20.8 Å². The molecule has 0 radical (unpaired) electrons. The molecule has 1 aromatic carbocycles. The van der Waals surface area contributed by atoms with Crippen LogP contribution in [0.3, 0.4) is 0 Å². The monoisotopic (exact) mass is 323 g/mol. The predicted molar refractivity (Wildman–Crippen MR) is 93.3 cm³/mol. The first-order valence-corrected chi connectivity index (χ1v) is 7.79. The van der Waals surface area contributed by atoms with Gasteiger partial charge in [-0.2, -0.15) is 4.73 Å². The number of methoxy groups -OCH3 is 1. The van der Waals surface area contributed by atoms with Crippen molar-refractivity contribution in [3.05, 3.63) is 54.6 Å². The molecule has 2 heterocycles. The summed E-state index contributed by atoms with van der Waals surface area (Å²) in [6.45, 7) is 6.06. The minimum absolute atomic E-state index is 0.295. The topological polar surface area (TPSA) is 60.2 Å². The molecule has 0 unspecified atom stereocenters. The molecule has 0 atom stereocenters. The van der Waals surface area contributed by atoms with Crippen LogP contribution in [0.5, 0.6) is 5.75 Å². The molecule has 0 aliphatic rings. The van der Waals surface area contributed by atoms with Crippen LogP contribution in [0.15, 0.2) is 48.8 Å². The van der Waals surface area contributed by atoms with Gasteiger partial charge in [0.25, 0.3) is 0 Å². The molecule has 0 amide bonds. The number of benzene rings is 1. The molecule has 0 aliphatic carbocycles. The summed E-state index contributed by atoms with van der Waals surface area (Å²) >= 11 is 0. The third-order valence-electron chi connectivity index (χ3n) is 3.82. The second-order valence-electron chi connectivity index (χ2n) is 6.66. The average molecular weight is 323 g/mol. The van der Waals surface area contributed by atoms with Gasteiger partial charge in [0.2, 0.25) is 0 Å². The number of rotatable bonds is 3. The van der Waals surface area contributed by atoms with Crippen LogP contribution in [0.25, 0.3) is 22.5 Å². The first-order chi connectivity index (χ1) is 11.4. The van der Waals surface area contributed by atoms with E-state index in [9.17, 15) is 5.21 Å². The molecule has 0 bridgehead atoms. The number of hydrogen-bond acceptors (Lipinski definition) is 4. The summed E-state index contributed by atoms with van der Waals surface area (Å²) in [5.41, 5.74) is 2.79. The first kappa shape index (κ1) is 16.1. The Balaban J connectivity index is 2.24.